The minimum atomic E-state index is -0.775. The number of nitrogens with one attached hydrogen (secondary N) is 1. The Morgan fingerprint density at radius 3 is 2.46 bits per heavy atom. The van der Waals surface area contributed by atoms with Gasteiger partial charge in [0.05, 0.1) is 45.2 Å². The maximum atomic E-state index is 15.1. The number of esters is 1. The van der Waals surface area contributed by atoms with Gasteiger partial charge in [-0.2, -0.15) is 0 Å². The van der Waals surface area contributed by atoms with Crippen LogP contribution in [0.5, 0.6) is 17.2 Å². The molecule has 2 aromatic carbocycles. The van der Waals surface area contributed by atoms with Crippen molar-refractivity contribution in [2.45, 2.75) is 45.8 Å². The molecule has 0 amide bonds. The van der Waals surface area contributed by atoms with E-state index in [9.17, 15) is 9.59 Å². The molecule has 2 heterocycles. The third kappa shape index (κ3) is 5.54. The van der Waals surface area contributed by atoms with E-state index in [2.05, 4.69) is 0 Å². The number of halogens is 2. The first-order valence-corrected chi connectivity index (χ1v) is 12.4. The first-order chi connectivity index (χ1) is 17.9. The molecule has 0 fully saturated rings. The van der Waals surface area contributed by atoms with Gasteiger partial charge in [0, 0.05) is 24.7 Å². The van der Waals surface area contributed by atoms with Gasteiger partial charge in [-0.05, 0) is 36.1 Å². The van der Waals surface area contributed by atoms with Crippen LogP contribution in [0.1, 0.15) is 54.7 Å². The summed E-state index contributed by atoms with van der Waals surface area (Å²) >= 11 is 0. The average Bonchev–Trinajstić information content (AvgIpc) is 3.17. The molecule has 2 aliphatic rings. The zero-order valence-electron chi connectivity index (χ0n) is 23.3. The molecule has 1 unspecified atom stereocenters. The molecule has 39 heavy (non-hydrogen) atoms. The number of benzene rings is 2. The number of fused-ring (bicyclic) bond motifs is 2. The Balaban J connectivity index is 0.00000420. The molecule has 2 aromatic rings. The van der Waals surface area contributed by atoms with Gasteiger partial charge in [0.1, 0.15) is 11.6 Å². The molecular weight excluding hydrogens is 573 g/mol. The van der Waals surface area contributed by atoms with Crippen LogP contribution in [0.15, 0.2) is 18.2 Å². The Kier molecular flexibility index (Phi) is 8.84. The highest BCUT2D eigenvalue weighted by atomic mass is 79.9. The topological polar surface area (TPSA) is 101 Å². The number of hydrogen-bond acceptors (Lipinski definition) is 8. The summed E-state index contributed by atoms with van der Waals surface area (Å²) in [6.07, 6.45) is -0.775. The van der Waals surface area contributed by atoms with Crippen molar-refractivity contribution < 1.29 is 32.9 Å². The maximum Gasteiger partial charge on any atom is 0.349 e. The Morgan fingerprint density at radius 1 is 1.18 bits per heavy atom. The molecule has 0 saturated heterocycles. The normalized spacial score (nSPS) is 16.1. The Hall–Kier alpha value is -3.34. The number of Topliss-reactive ketones (excluding diaryl/α,β-unsaturated/α-hetero) is 1. The van der Waals surface area contributed by atoms with Crippen molar-refractivity contribution in [2.75, 3.05) is 45.9 Å². The summed E-state index contributed by atoms with van der Waals surface area (Å²) in [6.45, 7) is 8.38. The molecule has 11 heteroatoms. The number of anilines is 1. The number of carbonyl (C=O) groups is 2. The molecule has 4 rings (SSSR count). The van der Waals surface area contributed by atoms with E-state index in [1.807, 2.05) is 32.7 Å². The number of rotatable bonds is 7. The van der Waals surface area contributed by atoms with Crippen LogP contribution in [0, 0.1) is 11.2 Å². The maximum absolute atomic E-state index is 15.1. The van der Waals surface area contributed by atoms with E-state index < -0.39 is 23.3 Å². The van der Waals surface area contributed by atoms with Crippen LogP contribution in [0.4, 0.5) is 10.1 Å². The lowest BCUT2D eigenvalue weighted by atomic mass is 9.84. The number of ketones is 1. The van der Waals surface area contributed by atoms with Gasteiger partial charge in [-0.15, -0.1) is 17.0 Å². The van der Waals surface area contributed by atoms with Gasteiger partial charge < -0.3 is 28.7 Å². The van der Waals surface area contributed by atoms with Gasteiger partial charge in [0.25, 0.3) is 0 Å². The lowest BCUT2D eigenvalue weighted by Crippen LogP contribution is -2.44. The standard InChI is InChI=1S/C28H34FN3O6.BrH/c1-8-37-27(34)21-14-31(5)18-10-15(9-17(24(18)38-21)28(2,3)4)19(33)13-32-12-16-11-20(35-6)25(36-7)23(29)22(16)26(32)30;/h9-11,21,30H,8,12-14H2,1-7H3;1H. The van der Waals surface area contributed by atoms with Gasteiger partial charge in [0.15, 0.2) is 23.1 Å². The lowest BCUT2D eigenvalue weighted by molar-refractivity contribution is -0.151. The van der Waals surface area contributed by atoms with Crippen LogP contribution in [0.25, 0.3) is 0 Å². The smallest absolute Gasteiger partial charge is 0.349 e. The summed E-state index contributed by atoms with van der Waals surface area (Å²) < 4.78 is 36.8. The molecule has 0 saturated carbocycles. The van der Waals surface area contributed by atoms with Crippen molar-refractivity contribution >= 4 is 40.3 Å². The van der Waals surface area contributed by atoms with E-state index in [1.165, 1.54) is 19.1 Å². The number of methoxy groups -OCH3 is 2. The number of nitrogens with zero attached hydrogens (tertiary/aromatic N) is 2. The molecule has 0 aliphatic carbocycles. The van der Waals surface area contributed by atoms with Crippen molar-refractivity contribution in [1.29, 1.82) is 5.41 Å². The first kappa shape index (κ1) is 30.2. The summed E-state index contributed by atoms with van der Waals surface area (Å²) in [4.78, 5) is 29.4. The number of hydrogen-bond donors (Lipinski definition) is 1. The average molecular weight is 609 g/mol. The second kappa shape index (κ2) is 11.4. The fourth-order valence-electron chi connectivity index (χ4n) is 4.85. The second-order valence-corrected chi connectivity index (χ2v) is 10.4. The summed E-state index contributed by atoms with van der Waals surface area (Å²) in [5.41, 5.74) is 2.18. The van der Waals surface area contributed by atoms with Crippen molar-refractivity contribution in [2.24, 2.45) is 0 Å². The first-order valence-electron chi connectivity index (χ1n) is 12.4. The molecule has 9 nitrogen and oxygen atoms in total. The highest BCUT2D eigenvalue weighted by molar-refractivity contribution is 8.93. The fourth-order valence-corrected chi connectivity index (χ4v) is 4.85. The molecule has 2 aliphatic heterocycles. The van der Waals surface area contributed by atoms with Gasteiger partial charge in [-0.1, -0.05) is 20.8 Å². The minimum absolute atomic E-state index is 0. The number of ether oxygens (including phenoxy) is 4. The van der Waals surface area contributed by atoms with E-state index >= 15 is 4.39 Å². The quantitative estimate of drug-likeness (QED) is 0.362. The summed E-state index contributed by atoms with van der Waals surface area (Å²) in [5, 5.41) is 8.57. The van der Waals surface area contributed by atoms with E-state index in [4.69, 9.17) is 24.4 Å². The molecule has 0 aromatic heterocycles. The van der Waals surface area contributed by atoms with Crippen molar-refractivity contribution in [3.63, 3.8) is 0 Å². The molecule has 212 valence electrons. The van der Waals surface area contributed by atoms with Gasteiger partial charge in [-0.3, -0.25) is 10.2 Å². The zero-order chi connectivity index (χ0) is 27.9. The number of carbonyl (C=O) groups excluding carboxylic acids is 2. The van der Waals surface area contributed by atoms with Crippen LogP contribution >= 0.6 is 17.0 Å². The molecule has 0 radical (unpaired) electrons. The third-order valence-corrected chi connectivity index (χ3v) is 6.80. The van der Waals surface area contributed by atoms with E-state index in [-0.39, 0.29) is 71.9 Å². The Labute approximate surface area is 238 Å². The molecule has 1 N–H and O–H groups in total. The number of amidine groups is 1. The molecule has 0 bridgehead atoms. The predicted octanol–water partition coefficient (Wildman–Crippen LogP) is 4.50. The Morgan fingerprint density at radius 2 is 1.87 bits per heavy atom. The SMILES string of the molecule is Br.CCOC(=O)C1CN(C)c2cc(C(=O)CN3Cc4cc(OC)c(OC)c(F)c4C3=N)cc(C(C)(C)C)c2O1. The van der Waals surface area contributed by atoms with Crippen LogP contribution in [-0.2, 0) is 21.5 Å². The van der Waals surface area contributed by atoms with Gasteiger partial charge >= 0.3 is 5.97 Å². The van der Waals surface area contributed by atoms with Crippen molar-refractivity contribution in [1.82, 2.24) is 4.90 Å². The van der Waals surface area contributed by atoms with Crippen LogP contribution in [0.3, 0.4) is 0 Å². The van der Waals surface area contributed by atoms with E-state index in [0.29, 0.717) is 22.6 Å². The molecular formula is C28H35BrFN3O6. The third-order valence-electron chi connectivity index (χ3n) is 6.80. The van der Waals surface area contributed by atoms with Gasteiger partial charge in [0.2, 0.25) is 6.10 Å². The molecule has 0 spiro atoms. The summed E-state index contributed by atoms with van der Waals surface area (Å²) in [5.74, 6) is -0.715. The molecule has 1 atom stereocenters. The van der Waals surface area contributed by atoms with E-state index in [0.717, 1.165) is 5.56 Å². The minimum Gasteiger partial charge on any atom is -0.493 e. The Bertz CT molecular complexity index is 1310. The van der Waals surface area contributed by atoms with E-state index in [1.54, 1.807) is 25.1 Å². The van der Waals surface area contributed by atoms with Crippen LogP contribution in [-0.4, -0.2) is 69.6 Å². The fraction of sp³-hybridized carbons (Fsp3) is 0.464. The highest BCUT2D eigenvalue weighted by Gasteiger charge is 2.36. The summed E-state index contributed by atoms with van der Waals surface area (Å²) in [7, 11) is 4.60. The number of likely N-dealkylation sites (N-methyl/N-ethyl adjacent to an activating group) is 1. The van der Waals surface area contributed by atoms with Crippen LogP contribution in [0.2, 0.25) is 0 Å². The van der Waals surface area contributed by atoms with Crippen molar-refractivity contribution in [3.8, 4) is 17.2 Å². The highest BCUT2D eigenvalue weighted by Crippen LogP contribution is 2.43. The summed E-state index contributed by atoms with van der Waals surface area (Å²) in [6, 6.07) is 5.16. The van der Waals surface area contributed by atoms with Gasteiger partial charge in [-0.25, -0.2) is 9.18 Å². The van der Waals surface area contributed by atoms with Crippen molar-refractivity contribution in [3.05, 3.63) is 46.3 Å². The predicted molar refractivity (Wildman–Crippen MR) is 151 cm³/mol. The largest absolute Gasteiger partial charge is 0.493 e. The monoisotopic (exact) mass is 607 g/mol. The van der Waals surface area contributed by atoms with Crippen LogP contribution < -0.4 is 19.1 Å². The second-order valence-electron chi connectivity index (χ2n) is 10.4. The lowest BCUT2D eigenvalue weighted by Gasteiger charge is -2.36. The zero-order valence-corrected chi connectivity index (χ0v) is 25.0.